The molecule has 0 heterocycles. The molecule has 0 amide bonds. The minimum absolute atomic E-state index is 0.0413. The summed E-state index contributed by atoms with van der Waals surface area (Å²) in [6, 6.07) is 0. The van der Waals surface area contributed by atoms with Crippen molar-refractivity contribution in [2.24, 2.45) is 22.7 Å². The SMILES string of the molecule is CC1(C)C[C@H]2[C@H]1C[C@H](O)[C@]1(C)CCC[C@@]2(O)C1. The first kappa shape index (κ1) is 12.0. The maximum absolute atomic E-state index is 11.0. The highest BCUT2D eigenvalue weighted by molar-refractivity contribution is 5.12. The largest absolute Gasteiger partial charge is 0.393 e. The van der Waals surface area contributed by atoms with Gasteiger partial charge in [-0.1, -0.05) is 20.8 Å². The van der Waals surface area contributed by atoms with Crippen LogP contribution in [0.4, 0.5) is 0 Å². The average Bonchev–Trinajstić information content (AvgIpc) is 2.25. The molecule has 0 aliphatic heterocycles. The van der Waals surface area contributed by atoms with Crippen molar-refractivity contribution >= 4 is 0 Å². The Hall–Kier alpha value is -0.0800. The van der Waals surface area contributed by atoms with Crippen molar-refractivity contribution in [1.82, 2.24) is 0 Å². The molecule has 2 nitrogen and oxygen atoms in total. The molecule has 2 bridgehead atoms. The van der Waals surface area contributed by atoms with Crippen molar-refractivity contribution < 1.29 is 10.2 Å². The lowest BCUT2D eigenvalue weighted by Crippen LogP contribution is -2.56. The number of hydrogen-bond donors (Lipinski definition) is 2. The standard InChI is InChI=1S/C15H26O2/c1-13(2)8-11-10(13)7-12(16)14(3)5-4-6-15(11,17)9-14/h10-12,16-17H,4-9H2,1-3H3/t10-,11+,12+,14-,15-/m1/s1. The van der Waals surface area contributed by atoms with Gasteiger partial charge in [0.2, 0.25) is 0 Å². The third-order valence-electron chi connectivity index (χ3n) is 6.27. The Morgan fingerprint density at radius 3 is 2.41 bits per heavy atom. The third-order valence-corrected chi connectivity index (χ3v) is 6.27. The number of fused-ring (bicyclic) bond motifs is 4. The van der Waals surface area contributed by atoms with Gasteiger partial charge < -0.3 is 10.2 Å². The molecular formula is C15H26O2. The van der Waals surface area contributed by atoms with Gasteiger partial charge in [0.05, 0.1) is 11.7 Å². The summed E-state index contributed by atoms with van der Waals surface area (Å²) in [5, 5.41) is 21.5. The summed E-state index contributed by atoms with van der Waals surface area (Å²) in [5.74, 6) is 0.955. The number of hydrogen-bond acceptors (Lipinski definition) is 2. The molecule has 3 fully saturated rings. The normalized spacial score (nSPS) is 56.6. The van der Waals surface area contributed by atoms with Crippen LogP contribution in [0, 0.1) is 22.7 Å². The fourth-order valence-corrected chi connectivity index (χ4v) is 5.09. The second-order valence-electron chi connectivity index (χ2n) is 7.95. The van der Waals surface area contributed by atoms with Gasteiger partial charge in [-0.05, 0) is 61.2 Å². The van der Waals surface area contributed by atoms with E-state index in [0.29, 0.717) is 17.3 Å². The van der Waals surface area contributed by atoms with Crippen molar-refractivity contribution in [3.63, 3.8) is 0 Å². The first-order chi connectivity index (χ1) is 7.77. The molecule has 0 aromatic rings. The van der Waals surface area contributed by atoms with Gasteiger partial charge in [0.1, 0.15) is 0 Å². The van der Waals surface area contributed by atoms with E-state index in [1.165, 1.54) is 0 Å². The van der Waals surface area contributed by atoms with Gasteiger partial charge in [-0.15, -0.1) is 0 Å². The topological polar surface area (TPSA) is 40.5 Å². The minimum atomic E-state index is -0.481. The first-order valence-corrected chi connectivity index (χ1v) is 7.17. The van der Waals surface area contributed by atoms with Crippen molar-refractivity contribution in [3.8, 4) is 0 Å². The van der Waals surface area contributed by atoms with Crippen LogP contribution in [-0.4, -0.2) is 21.9 Å². The van der Waals surface area contributed by atoms with Crippen LogP contribution in [0.15, 0.2) is 0 Å². The number of aliphatic hydroxyl groups excluding tert-OH is 1. The molecule has 17 heavy (non-hydrogen) atoms. The molecule has 2 heteroatoms. The lowest BCUT2D eigenvalue weighted by atomic mass is 9.49. The smallest absolute Gasteiger partial charge is 0.0685 e. The molecule has 0 saturated heterocycles. The predicted molar refractivity (Wildman–Crippen MR) is 67.5 cm³/mol. The molecule has 3 rings (SSSR count). The number of rotatable bonds is 0. The molecule has 0 radical (unpaired) electrons. The fourth-order valence-electron chi connectivity index (χ4n) is 5.09. The van der Waals surface area contributed by atoms with Crippen molar-refractivity contribution in [1.29, 1.82) is 0 Å². The van der Waals surface area contributed by atoms with Crippen molar-refractivity contribution in [2.75, 3.05) is 0 Å². The summed E-state index contributed by atoms with van der Waals surface area (Å²) in [6.07, 6.45) is 5.74. The lowest BCUT2D eigenvalue weighted by Gasteiger charge is -2.57. The van der Waals surface area contributed by atoms with Gasteiger partial charge in [-0.3, -0.25) is 0 Å². The highest BCUT2D eigenvalue weighted by Crippen LogP contribution is 2.64. The van der Waals surface area contributed by atoms with Crippen LogP contribution in [0.25, 0.3) is 0 Å². The molecule has 3 aliphatic carbocycles. The van der Waals surface area contributed by atoms with E-state index >= 15 is 0 Å². The number of aliphatic hydroxyl groups is 2. The molecule has 2 N–H and O–H groups in total. The summed E-state index contributed by atoms with van der Waals surface area (Å²) in [7, 11) is 0. The molecule has 0 aromatic heterocycles. The lowest BCUT2D eigenvalue weighted by molar-refractivity contribution is -0.161. The summed E-state index contributed by atoms with van der Waals surface area (Å²) in [5.41, 5.74) is -0.208. The zero-order valence-corrected chi connectivity index (χ0v) is 11.4. The zero-order chi connectivity index (χ0) is 12.5. The summed E-state index contributed by atoms with van der Waals surface area (Å²) in [6.45, 7) is 6.77. The minimum Gasteiger partial charge on any atom is -0.393 e. The van der Waals surface area contributed by atoms with Crippen LogP contribution >= 0.6 is 0 Å². The summed E-state index contributed by atoms with van der Waals surface area (Å²) >= 11 is 0. The quantitative estimate of drug-likeness (QED) is 0.681. The van der Waals surface area contributed by atoms with Gasteiger partial charge in [-0.25, -0.2) is 0 Å². The van der Waals surface area contributed by atoms with Gasteiger partial charge >= 0.3 is 0 Å². The van der Waals surface area contributed by atoms with Crippen molar-refractivity contribution in [3.05, 3.63) is 0 Å². The fraction of sp³-hybridized carbons (Fsp3) is 1.00. The van der Waals surface area contributed by atoms with E-state index in [1.54, 1.807) is 0 Å². The van der Waals surface area contributed by atoms with Gasteiger partial charge in [0, 0.05) is 0 Å². The van der Waals surface area contributed by atoms with E-state index in [2.05, 4.69) is 20.8 Å². The van der Waals surface area contributed by atoms with Crippen LogP contribution in [0.3, 0.4) is 0 Å². The average molecular weight is 238 g/mol. The molecule has 0 spiro atoms. The van der Waals surface area contributed by atoms with Gasteiger partial charge in [-0.2, -0.15) is 0 Å². The van der Waals surface area contributed by atoms with Gasteiger partial charge in [0.15, 0.2) is 0 Å². The Labute approximate surface area is 104 Å². The highest BCUT2D eigenvalue weighted by atomic mass is 16.3. The second-order valence-corrected chi connectivity index (χ2v) is 7.95. The van der Waals surface area contributed by atoms with E-state index in [1.807, 2.05) is 0 Å². The Bertz CT molecular complexity index is 338. The Kier molecular flexibility index (Phi) is 2.30. The van der Waals surface area contributed by atoms with Crippen LogP contribution in [0.1, 0.15) is 59.3 Å². The zero-order valence-electron chi connectivity index (χ0n) is 11.4. The molecule has 5 atom stereocenters. The van der Waals surface area contributed by atoms with E-state index < -0.39 is 5.60 Å². The molecule has 98 valence electrons. The summed E-state index contributed by atoms with van der Waals surface area (Å²) in [4.78, 5) is 0. The first-order valence-electron chi connectivity index (χ1n) is 7.17. The van der Waals surface area contributed by atoms with E-state index in [9.17, 15) is 10.2 Å². The predicted octanol–water partition coefficient (Wildman–Crippen LogP) is 2.72. The molecule has 3 saturated carbocycles. The van der Waals surface area contributed by atoms with E-state index in [-0.39, 0.29) is 11.5 Å². The van der Waals surface area contributed by atoms with E-state index in [4.69, 9.17) is 0 Å². The van der Waals surface area contributed by atoms with Crippen LogP contribution in [0.2, 0.25) is 0 Å². The van der Waals surface area contributed by atoms with Crippen LogP contribution in [0.5, 0.6) is 0 Å². The van der Waals surface area contributed by atoms with Crippen LogP contribution in [-0.2, 0) is 0 Å². The third kappa shape index (κ3) is 1.53. The van der Waals surface area contributed by atoms with E-state index in [0.717, 1.165) is 38.5 Å². The Balaban J connectivity index is 1.97. The molecule has 0 unspecified atom stereocenters. The monoisotopic (exact) mass is 238 g/mol. The Morgan fingerprint density at radius 2 is 1.76 bits per heavy atom. The van der Waals surface area contributed by atoms with Crippen LogP contribution < -0.4 is 0 Å². The maximum atomic E-state index is 11.0. The summed E-state index contributed by atoms with van der Waals surface area (Å²) < 4.78 is 0. The Morgan fingerprint density at radius 1 is 1.06 bits per heavy atom. The molecule has 3 aliphatic rings. The van der Waals surface area contributed by atoms with Crippen molar-refractivity contribution in [2.45, 2.75) is 71.0 Å². The van der Waals surface area contributed by atoms with Gasteiger partial charge in [0.25, 0.3) is 0 Å². The molecular weight excluding hydrogens is 212 g/mol. The molecule has 0 aromatic carbocycles. The maximum Gasteiger partial charge on any atom is 0.0685 e. The second kappa shape index (κ2) is 3.27. The highest BCUT2D eigenvalue weighted by Gasteiger charge is 2.62.